The number of nitrogens with zero attached hydrogens (tertiary/aromatic N) is 2. The maximum atomic E-state index is 10.6. The number of aliphatic carboxylic acids is 1. The maximum Gasteiger partial charge on any atom is 0.303 e. The average Bonchev–Trinajstić information content (AvgIpc) is 2.58. The van der Waals surface area contributed by atoms with E-state index >= 15 is 0 Å². The Bertz CT molecular complexity index is 469. The molecule has 2 rings (SSSR count). The van der Waals surface area contributed by atoms with Crippen molar-refractivity contribution in [2.45, 2.75) is 26.2 Å². The molecule has 0 saturated heterocycles. The van der Waals surface area contributed by atoms with Crippen molar-refractivity contribution >= 4 is 22.3 Å². The standard InChI is InChI=1S/C10H12N2O2S/c1-6(3-9(13)14)8-5-12-4-7(2)11-10(12)15-8/h4-6H,3H2,1-2H3,(H,13,14). The van der Waals surface area contributed by atoms with Crippen LogP contribution < -0.4 is 0 Å². The molecule has 0 radical (unpaired) electrons. The van der Waals surface area contributed by atoms with Gasteiger partial charge in [0.2, 0.25) is 0 Å². The van der Waals surface area contributed by atoms with Gasteiger partial charge < -0.3 is 5.11 Å². The van der Waals surface area contributed by atoms with Gasteiger partial charge in [0.25, 0.3) is 0 Å². The Labute approximate surface area is 91.2 Å². The minimum Gasteiger partial charge on any atom is -0.481 e. The number of carboxylic acid groups (broad SMARTS) is 1. The van der Waals surface area contributed by atoms with Crippen LogP contribution in [0.25, 0.3) is 4.96 Å². The Balaban J connectivity index is 2.28. The third-order valence-corrected chi connectivity index (χ3v) is 3.49. The number of aryl methyl sites for hydroxylation is 1. The highest BCUT2D eigenvalue weighted by molar-refractivity contribution is 7.17. The molecule has 1 N–H and O–H groups in total. The molecule has 0 aliphatic rings. The molecule has 1 atom stereocenters. The second-order valence-electron chi connectivity index (χ2n) is 3.70. The van der Waals surface area contributed by atoms with Crippen LogP contribution in [0.2, 0.25) is 0 Å². The highest BCUT2D eigenvalue weighted by atomic mass is 32.1. The van der Waals surface area contributed by atoms with Crippen LogP contribution in [-0.4, -0.2) is 20.5 Å². The zero-order chi connectivity index (χ0) is 11.0. The van der Waals surface area contributed by atoms with Gasteiger partial charge in [0.1, 0.15) is 0 Å². The number of rotatable bonds is 3. The minimum atomic E-state index is -0.760. The summed E-state index contributed by atoms with van der Waals surface area (Å²) in [4.78, 5) is 16.9. The van der Waals surface area contributed by atoms with Gasteiger partial charge in [-0.25, -0.2) is 4.98 Å². The molecule has 2 aromatic rings. The molecule has 0 saturated carbocycles. The van der Waals surface area contributed by atoms with Gasteiger partial charge in [-0.2, -0.15) is 0 Å². The molecule has 0 bridgehead atoms. The zero-order valence-corrected chi connectivity index (χ0v) is 9.41. The second kappa shape index (κ2) is 3.66. The van der Waals surface area contributed by atoms with E-state index in [0.717, 1.165) is 15.5 Å². The van der Waals surface area contributed by atoms with Crippen LogP contribution in [0.5, 0.6) is 0 Å². The quantitative estimate of drug-likeness (QED) is 0.870. The lowest BCUT2D eigenvalue weighted by atomic mass is 10.1. The maximum absolute atomic E-state index is 10.6. The summed E-state index contributed by atoms with van der Waals surface area (Å²) < 4.78 is 1.95. The topological polar surface area (TPSA) is 54.6 Å². The number of carbonyl (C=O) groups is 1. The van der Waals surface area contributed by atoms with Crippen molar-refractivity contribution in [1.82, 2.24) is 9.38 Å². The summed E-state index contributed by atoms with van der Waals surface area (Å²) >= 11 is 1.56. The van der Waals surface area contributed by atoms with E-state index in [1.54, 1.807) is 11.3 Å². The lowest BCUT2D eigenvalue weighted by Gasteiger charge is -2.03. The number of thiazole rings is 1. The average molecular weight is 224 g/mol. The van der Waals surface area contributed by atoms with Gasteiger partial charge in [-0.1, -0.05) is 6.92 Å². The van der Waals surface area contributed by atoms with Gasteiger partial charge in [0.05, 0.1) is 12.1 Å². The Kier molecular flexibility index (Phi) is 2.48. The lowest BCUT2D eigenvalue weighted by molar-refractivity contribution is -0.137. The molecule has 0 aliphatic heterocycles. The lowest BCUT2D eigenvalue weighted by Crippen LogP contribution is -2.01. The summed E-state index contributed by atoms with van der Waals surface area (Å²) in [5.41, 5.74) is 0.985. The van der Waals surface area contributed by atoms with Gasteiger partial charge in [-0.15, -0.1) is 11.3 Å². The molecule has 0 aliphatic carbocycles. The van der Waals surface area contributed by atoms with Crippen molar-refractivity contribution in [3.05, 3.63) is 23.0 Å². The summed E-state index contributed by atoms with van der Waals surface area (Å²) in [7, 11) is 0. The smallest absolute Gasteiger partial charge is 0.303 e. The molecular weight excluding hydrogens is 212 g/mol. The number of hydrogen-bond acceptors (Lipinski definition) is 3. The molecule has 0 fully saturated rings. The van der Waals surface area contributed by atoms with E-state index in [0.29, 0.717) is 0 Å². The largest absolute Gasteiger partial charge is 0.481 e. The first kappa shape index (κ1) is 10.2. The normalized spacial score (nSPS) is 13.2. The van der Waals surface area contributed by atoms with E-state index in [1.807, 2.05) is 30.6 Å². The van der Waals surface area contributed by atoms with Crippen molar-refractivity contribution in [3.63, 3.8) is 0 Å². The highest BCUT2D eigenvalue weighted by Gasteiger charge is 2.14. The molecule has 0 amide bonds. The first-order chi connectivity index (χ1) is 7.06. The Morgan fingerprint density at radius 2 is 2.40 bits per heavy atom. The third kappa shape index (κ3) is 2.02. The first-order valence-electron chi connectivity index (χ1n) is 4.73. The number of imidazole rings is 1. The molecule has 1 unspecified atom stereocenters. The van der Waals surface area contributed by atoms with E-state index in [4.69, 9.17) is 5.11 Å². The van der Waals surface area contributed by atoms with Gasteiger partial charge in [0.15, 0.2) is 4.96 Å². The predicted octanol–water partition coefficient (Wildman–Crippen LogP) is 2.28. The van der Waals surface area contributed by atoms with Crippen molar-refractivity contribution in [2.24, 2.45) is 0 Å². The Morgan fingerprint density at radius 3 is 3.00 bits per heavy atom. The molecule has 2 aromatic heterocycles. The summed E-state index contributed by atoms with van der Waals surface area (Å²) in [6.07, 6.45) is 4.08. The van der Waals surface area contributed by atoms with Gasteiger partial charge in [-0.05, 0) is 6.92 Å². The predicted molar refractivity (Wildman–Crippen MR) is 58.5 cm³/mol. The Hall–Kier alpha value is -1.36. The van der Waals surface area contributed by atoms with Gasteiger partial charge in [0, 0.05) is 23.2 Å². The molecule has 15 heavy (non-hydrogen) atoms. The fourth-order valence-electron chi connectivity index (χ4n) is 1.52. The zero-order valence-electron chi connectivity index (χ0n) is 8.60. The highest BCUT2D eigenvalue weighted by Crippen LogP contribution is 2.27. The fraction of sp³-hybridized carbons (Fsp3) is 0.400. The molecule has 4 nitrogen and oxygen atoms in total. The summed E-state index contributed by atoms with van der Waals surface area (Å²) in [6.45, 7) is 3.87. The van der Waals surface area contributed by atoms with Crippen molar-refractivity contribution in [3.8, 4) is 0 Å². The van der Waals surface area contributed by atoms with E-state index in [1.165, 1.54) is 0 Å². The van der Waals surface area contributed by atoms with Crippen LogP contribution in [0.3, 0.4) is 0 Å². The third-order valence-electron chi connectivity index (χ3n) is 2.26. The number of aromatic nitrogens is 2. The van der Waals surface area contributed by atoms with Crippen LogP contribution in [0, 0.1) is 6.92 Å². The van der Waals surface area contributed by atoms with E-state index < -0.39 is 5.97 Å². The van der Waals surface area contributed by atoms with Crippen LogP contribution >= 0.6 is 11.3 Å². The van der Waals surface area contributed by atoms with Crippen molar-refractivity contribution in [2.75, 3.05) is 0 Å². The molecule has 0 spiro atoms. The number of fused-ring (bicyclic) bond motifs is 1. The molecule has 2 heterocycles. The van der Waals surface area contributed by atoms with E-state index in [-0.39, 0.29) is 12.3 Å². The second-order valence-corrected chi connectivity index (χ2v) is 4.75. The van der Waals surface area contributed by atoms with Gasteiger partial charge >= 0.3 is 5.97 Å². The van der Waals surface area contributed by atoms with E-state index in [2.05, 4.69) is 4.98 Å². The summed E-state index contributed by atoms with van der Waals surface area (Å²) in [6, 6.07) is 0. The SMILES string of the molecule is Cc1cn2cc(C(C)CC(=O)O)sc2n1. The summed E-state index contributed by atoms with van der Waals surface area (Å²) in [5.74, 6) is -0.709. The van der Waals surface area contributed by atoms with Crippen molar-refractivity contribution in [1.29, 1.82) is 0 Å². The molecule has 0 aromatic carbocycles. The number of hydrogen-bond donors (Lipinski definition) is 1. The number of carboxylic acids is 1. The first-order valence-corrected chi connectivity index (χ1v) is 5.54. The van der Waals surface area contributed by atoms with E-state index in [9.17, 15) is 4.79 Å². The molecule has 80 valence electrons. The van der Waals surface area contributed by atoms with Crippen LogP contribution in [0.15, 0.2) is 12.4 Å². The van der Waals surface area contributed by atoms with Crippen LogP contribution in [-0.2, 0) is 4.79 Å². The van der Waals surface area contributed by atoms with Crippen molar-refractivity contribution < 1.29 is 9.90 Å². The minimum absolute atomic E-state index is 0.0505. The molecule has 5 heteroatoms. The van der Waals surface area contributed by atoms with Crippen LogP contribution in [0.1, 0.15) is 29.8 Å². The summed E-state index contributed by atoms with van der Waals surface area (Å²) in [5, 5.41) is 8.70. The Morgan fingerprint density at radius 1 is 1.67 bits per heavy atom. The van der Waals surface area contributed by atoms with Crippen LogP contribution in [0.4, 0.5) is 0 Å². The fourth-order valence-corrected chi connectivity index (χ4v) is 2.58. The molecular formula is C10H12N2O2S. The monoisotopic (exact) mass is 224 g/mol. The van der Waals surface area contributed by atoms with Gasteiger partial charge in [-0.3, -0.25) is 9.20 Å².